The standard InChI is InChI=1S/C16H13ClF2N2O2/c1-9-2-4-11(7-13(9)17)21-15(22)8-20-16(23)12-5-3-10(18)6-14(12)19/h2-7H,8H2,1H3,(H,20,23)(H,21,22). The number of carbonyl (C=O) groups excluding carboxylic acids is 2. The van der Waals surface area contributed by atoms with Crippen molar-refractivity contribution in [2.75, 3.05) is 11.9 Å². The van der Waals surface area contributed by atoms with Gasteiger partial charge in [0, 0.05) is 16.8 Å². The molecule has 2 aromatic carbocycles. The van der Waals surface area contributed by atoms with Crippen LogP contribution in [0.3, 0.4) is 0 Å². The molecule has 0 unspecified atom stereocenters. The van der Waals surface area contributed by atoms with Crippen LogP contribution in [0.4, 0.5) is 14.5 Å². The van der Waals surface area contributed by atoms with Crippen LogP contribution in [-0.2, 0) is 4.79 Å². The highest BCUT2D eigenvalue weighted by Crippen LogP contribution is 2.19. The Labute approximate surface area is 136 Å². The largest absolute Gasteiger partial charge is 0.343 e. The van der Waals surface area contributed by atoms with E-state index in [-0.39, 0.29) is 12.1 Å². The number of halogens is 3. The van der Waals surface area contributed by atoms with E-state index < -0.39 is 23.4 Å². The molecule has 0 aliphatic carbocycles. The minimum absolute atomic E-state index is 0.336. The van der Waals surface area contributed by atoms with E-state index in [2.05, 4.69) is 10.6 Å². The van der Waals surface area contributed by atoms with Gasteiger partial charge in [-0.3, -0.25) is 9.59 Å². The third kappa shape index (κ3) is 4.50. The Hall–Kier alpha value is -2.47. The fraction of sp³-hybridized carbons (Fsp3) is 0.125. The van der Waals surface area contributed by atoms with Crippen molar-refractivity contribution in [3.05, 3.63) is 64.2 Å². The zero-order chi connectivity index (χ0) is 17.0. The van der Waals surface area contributed by atoms with Crippen molar-refractivity contribution in [1.82, 2.24) is 5.32 Å². The first-order chi connectivity index (χ1) is 10.9. The summed E-state index contributed by atoms with van der Waals surface area (Å²) in [7, 11) is 0. The zero-order valence-electron chi connectivity index (χ0n) is 12.1. The second kappa shape index (κ2) is 7.19. The van der Waals surface area contributed by atoms with Gasteiger partial charge in [-0.25, -0.2) is 8.78 Å². The van der Waals surface area contributed by atoms with Gasteiger partial charge in [-0.1, -0.05) is 17.7 Å². The summed E-state index contributed by atoms with van der Waals surface area (Å²) in [6, 6.07) is 7.56. The molecule has 0 saturated carbocycles. The van der Waals surface area contributed by atoms with Crippen molar-refractivity contribution < 1.29 is 18.4 Å². The van der Waals surface area contributed by atoms with Crippen LogP contribution in [0.5, 0.6) is 0 Å². The van der Waals surface area contributed by atoms with Crippen LogP contribution < -0.4 is 10.6 Å². The van der Waals surface area contributed by atoms with Crippen molar-refractivity contribution in [3.63, 3.8) is 0 Å². The Morgan fingerprint density at radius 1 is 1.13 bits per heavy atom. The molecule has 0 aromatic heterocycles. The molecule has 0 aliphatic rings. The topological polar surface area (TPSA) is 58.2 Å². The van der Waals surface area contributed by atoms with Crippen molar-refractivity contribution in [1.29, 1.82) is 0 Å². The van der Waals surface area contributed by atoms with E-state index in [4.69, 9.17) is 11.6 Å². The number of rotatable bonds is 4. The van der Waals surface area contributed by atoms with E-state index >= 15 is 0 Å². The monoisotopic (exact) mass is 338 g/mol. The summed E-state index contributed by atoms with van der Waals surface area (Å²) in [6.45, 7) is 1.46. The van der Waals surface area contributed by atoms with E-state index in [0.29, 0.717) is 16.8 Å². The van der Waals surface area contributed by atoms with Gasteiger partial charge in [0.15, 0.2) is 0 Å². The third-order valence-electron chi connectivity index (χ3n) is 3.04. The predicted molar refractivity (Wildman–Crippen MR) is 83.5 cm³/mol. The Balaban J connectivity index is 1.93. The smallest absolute Gasteiger partial charge is 0.254 e. The summed E-state index contributed by atoms with van der Waals surface area (Å²) < 4.78 is 26.2. The lowest BCUT2D eigenvalue weighted by Gasteiger charge is -2.08. The Kier molecular flexibility index (Phi) is 5.28. The molecule has 2 N–H and O–H groups in total. The molecule has 4 nitrogen and oxygen atoms in total. The fourth-order valence-electron chi connectivity index (χ4n) is 1.81. The van der Waals surface area contributed by atoms with Gasteiger partial charge in [0.25, 0.3) is 5.91 Å². The van der Waals surface area contributed by atoms with Crippen LogP contribution in [0.2, 0.25) is 5.02 Å². The molecule has 0 bridgehead atoms. The highest BCUT2D eigenvalue weighted by Gasteiger charge is 2.13. The Morgan fingerprint density at radius 2 is 1.87 bits per heavy atom. The van der Waals surface area contributed by atoms with Crippen LogP contribution in [0.25, 0.3) is 0 Å². The minimum Gasteiger partial charge on any atom is -0.343 e. The SMILES string of the molecule is Cc1ccc(NC(=O)CNC(=O)c2ccc(F)cc2F)cc1Cl. The maximum atomic E-state index is 13.4. The van der Waals surface area contributed by atoms with E-state index in [1.165, 1.54) is 0 Å². The summed E-state index contributed by atoms with van der Waals surface area (Å²) in [5, 5.41) is 5.31. The van der Waals surface area contributed by atoms with Gasteiger partial charge < -0.3 is 10.6 Å². The van der Waals surface area contributed by atoms with Crippen LogP contribution in [-0.4, -0.2) is 18.4 Å². The molecule has 23 heavy (non-hydrogen) atoms. The highest BCUT2D eigenvalue weighted by atomic mass is 35.5. The van der Waals surface area contributed by atoms with Gasteiger partial charge in [0.1, 0.15) is 11.6 Å². The molecular weight excluding hydrogens is 326 g/mol. The summed E-state index contributed by atoms with van der Waals surface area (Å²) >= 11 is 5.94. The first-order valence-corrected chi connectivity index (χ1v) is 7.04. The molecule has 0 radical (unpaired) electrons. The van der Waals surface area contributed by atoms with Crippen molar-refractivity contribution in [2.24, 2.45) is 0 Å². The van der Waals surface area contributed by atoms with Crippen molar-refractivity contribution >= 4 is 29.1 Å². The lowest BCUT2D eigenvalue weighted by Crippen LogP contribution is -2.33. The van der Waals surface area contributed by atoms with Gasteiger partial charge in [-0.2, -0.15) is 0 Å². The second-order valence-electron chi connectivity index (χ2n) is 4.82. The number of benzene rings is 2. The molecule has 0 atom stereocenters. The predicted octanol–water partition coefficient (Wildman–Crippen LogP) is 3.30. The maximum Gasteiger partial charge on any atom is 0.254 e. The average Bonchev–Trinajstić information content (AvgIpc) is 2.48. The zero-order valence-corrected chi connectivity index (χ0v) is 12.9. The summed E-state index contributed by atoms with van der Waals surface area (Å²) in [5.41, 5.74) is 1.01. The van der Waals surface area contributed by atoms with Gasteiger partial charge in [0.2, 0.25) is 5.91 Å². The summed E-state index contributed by atoms with van der Waals surface area (Å²) in [4.78, 5) is 23.5. The van der Waals surface area contributed by atoms with E-state index in [9.17, 15) is 18.4 Å². The van der Waals surface area contributed by atoms with Crippen LogP contribution in [0.1, 0.15) is 15.9 Å². The maximum absolute atomic E-state index is 13.4. The van der Waals surface area contributed by atoms with E-state index in [1.807, 2.05) is 6.92 Å². The average molecular weight is 339 g/mol. The molecule has 2 amide bonds. The Bertz CT molecular complexity index is 766. The number of carbonyl (C=O) groups is 2. The molecule has 2 rings (SSSR count). The van der Waals surface area contributed by atoms with Crippen molar-refractivity contribution in [3.8, 4) is 0 Å². The normalized spacial score (nSPS) is 10.3. The number of anilines is 1. The lowest BCUT2D eigenvalue weighted by molar-refractivity contribution is -0.115. The van der Waals surface area contributed by atoms with E-state index in [0.717, 1.165) is 17.7 Å². The van der Waals surface area contributed by atoms with E-state index in [1.54, 1.807) is 18.2 Å². The molecule has 0 saturated heterocycles. The van der Waals surface area contributed by atoms with Gasteiger partial charge >= 0.3 is 0 Å². The quantitative estimate of drug-likeness (QED) is 0.898. The molecular formula is C16H13ClF2N2O2. The van der Waals surface area contributed by atoms with Gasteiger partial charge in [-0.15, -0.1) is 0 Å². The molecule has 0 heterocycles. The highest BCUT2D eigenvalue weighted by molar-refractivity contribution is 6.31. The molecule has 120 valence electrons. The minimum atomic E-state index is -0.992. The number of hydrogen-bond acceptors (Lipinski definition) is 2. The number of hydrogen-bond donors (Lipinski definition) is 2. The molecule has 0 spiro atoms. The van der Waals surface area contributed by atoms with Gasteiger partial charge in [0.05, 0.1) is 12.1 Å². The summed E-state index contributed by atoms with van der Waals surface area (Å²) in [5.74, 6) is -3.08. The number of amides is 2. The Morgan fingerprint density at radius 3 is 2.52 bits per heavy atom. The van der Waals surface area contributed by atoms with Crippen LogP contribution >= 0.6 is 11.6 Å². The molecule has 0 fully saturated rings. The molecule has 2 aromatic rings. The first kappa shape index (κ1) is 16.9. The van der Waals surface area contributed by atoms with Crippen LogP contribution in [0, 0.1) is 18.6 Å². The number of nitrogens with one attached hydrogen (secondary N) is 2. The van der Waals surface area contributed by atoms with Gasteiger partial charge in [-0.05, 0) is 36.8 Å². The third-order valence-corrected chi connectivity index (χ3v) is 3.45. The molecule has 7 heteroatoms. The fourth-order valence-corrected chi connectivity index (χ4v) is 1.99. The van der Waals surface area contributed by atoms with Crippen molar-refractivity contribution in [2.45, 2.75) is 6.92 Å². The summed E-state index contributed by atoms with van der Waals surface area (Å²) in [6.07, 6.45) is 0. The first-order valence-electron chi connectivity index (χ1n) is 6.66. The second-order valence-corrected chi connectivity index (χ2v) is 5.23. The molecule has 0 aliphatic heterocycles. The number of aryl methyl sites for hydroxylation is 1. The lowest BCUT2D eigenvalue weighted by atomic mass is 10.2. The van der Waals surface area contributed by atoms with Crippen LogP contribution in [0.15, 0.2) is 36.4 Å².